The molecule has 160 valence electrons. The molecule has 0 aliphatic heterocycles. The number of carbonyl (C=O) groups is 1. The fraction of sp³-hybridized carbons (Fsp3) is 0. The third kappa shape index (κ3) is 4.75. The average Bonchev–Trinajstić information content (AvgIpc) is 2.84. The SMILES string of the molecule is O=C(O)c1ccccc1N/C=C/[P+](c1ccccc1)(c1ccccc1)c1ccccc1.[Cl-]. The minimum atomic E-state index is -2.12. The van der Waals surface area contributed by atoms with Crippen molar-refractivity contribution in [2.75, 3.05) is 5.32 Å². The van der Waals surface area contributed by atoms with Crippen LogP contribution >= 0.6 is 7.26 Å². The Morgan fingerprint density at radius 3 is 1.50 bits per heavy atom. The second-order valence-corrected chi connectivity index (χ2v) is 10.3. The Hall–Kier alpha value is -3.39. The van der Waals surface area contributed by atoms with Crippen molar-refractivity contribution in [2.24, 2.45) is 0 Å². The van der Waals surface area contributed by atoms with Crippen LogP contribution in [0.2, 0.25) is 0 Å². The van der Waals surface area contributed by atoms with Crippen LogP contribution in [0.1, 0.15) is 10.4 Å². The van der Waals surface area contributed by atoms with Crippen molar-refractivity contribution >= 4 is 34.8 Å². The number of aromatic carboxylic acids is 1. The number of hydrogen-bond acceptors (Lipinski definition) is 2. The van der Waals surface area contributed by atoms with Gasteiger partial charge >= 0.3 is 5.97 Å². The molecule has 0 amide bonds. The van der Waals surface area contributed by atoms with Crippen LogP contribution < -0.4 is 33.6 Å². The lowest BCUT2D eigenvalue weighted by molar-refractivity contribution is -0.0000215. The van der Waals surface area contributed by atoms with E-state index in [-0.39, 0.29) is 18.0 Å². The largest absolute Gasteiger partial charge is 1.00 e. The Morgan fingerprint density at radius 2 is 1.06 bits per heavy atom. The molecular weight excluding hydrogens is 437 g/mol. The van der Waals surface area contributed by atoms with E-state index in [1.54, 1.807) is 18.2 Å². The standard InChI is InChI=1S/C27H22NO2P.ClH/c29-27(30)25-18-10-11-19-26(25)28-20-21-31(22-12-4-1-5-13-22,23-14-6-2-7-15-23)24-16-8-3-9-17-24;/h1-21,28H;1H/b21-20+;. The molecule has 5 heteroatoms. The molecule has 32 heavy (non-hydrogen) atoms. The lowest BCUT2D eigenvalue weighted by Gasteiger charge is -2.24. The van der Waals surface area contributed by atoms with Crippen LogP contribution in [-0.4, -0.2) is 11.1 Å². The zero-order chi connectivity index (χ0) is 21.5. The number of para-hydroxylation sites is 1. The highest BCUT2D eigenvalue weighted by Crippen LogP contribution is 2.56. The van der Waals surface area contributed by atoms with Crippen LogP contribution in [0.3, 0.4) is 0 Å². The topological polar surface area (TPSA) is 49.3 Å². The van der Waals surface area contributed by atoms with Crippen LogP contribution in [0.5, 0.6) is 0 Å². The second kappa shape index (κ2) is 10.8. The Morgan fingerprint density at radius 1 is 0.656 bits per heavy atom. The number of carboxylic acids is 1. The molecule has 0 aromatic heterocycles. The number of carboxylic acid groups (broad SMARTS) is 1. The van der Waals surface area contributed by atoms with Crippen molar-refractivity contribution < 1.29 is 22.3 Å². The molecule has 0 saturated carbocycles. The quantitative estimate of drug-likeness (QED) is 0.417. The van der Waals surface area contributed by atoms with Gasteiger partial charge in [-0.1, -0.05) is 66.7 Å². The highest BCUT2D eigenvalue weighted by molar-refractivity contribution is 7.98. The minimum absolute atomic E-state index is 0. The highest BCUT2D eigenvalue weighted by atomic mass is 35.5. The zero-order valence-electron chi connectivity index (χ0n) is 17.3. The van der Waals surface area contributed by atoms with Gasteiger partial charge < -0.3 is 22.8 Å². The molecule has 0 aliphatic rings. The van der Waals surface area contributed by atoms with Crippen molar-refractivity contribution in [3.8, 4) is 0 Å². The first-order valence-corrected chi connectivity index (χ1v) is 11.9. The number of hydrogen-bond donors (Lipinski definition) is 2. The van der Waals surface area contributed by atoms with Gasteiger partial charge in [0.2, 0.25) is 0 Å². The van der Waals surface area contributed by atoms with E-state index in [1.165, 1.54) is 15.9 Å². The number of benzene rings is 4. The Kier molecular flexibility index (Phi) is 7.83. The van der Waals surface area contributed by atoms with Crippen molar-refractivity contribution in [3.63, 3.8) is 0 Å². The summed E-state index contributed by atoms with van der Waals surface area (Å²) in [4.78, 5) is 11.6. The molecule has 4 aromatic carbocycles. The average molecular weight is 460 g/mol. The maximum absolute atomic E-state index is 11.6. The molecule has 0 saturated heterocycles. The molecule has 0 heterocycles. The van der Waals surface area contributed by atoms with Gasteiger partial charge in [-0.3, -0.25) is 0 Å². The molecule has 0 atom stereocenters. The van der Waals surface area contributed by atoms with Crippen LogP contribution in [-0.2, 0) is 0 Å². The monoisotopic (exact) mass is 459 g/mol. The van der Waals surface area contributed by atoms with Gasteiger partial charge in [0.1, 0.15) is 23.2 Å². The van der Waals surface area contributed by atoms with Gasteiger partial charge in [-0.2, -0.15) is 0 Å². The molecule has 0 unspecified atom stereocenters. The number of nitrogens with one attached hydrogen (secondary N) is 1. The van der Waals surface area contributed by atoms with Crippen LogP contribution in [0.25, 0.3) is 0 Å². The summed E-state index contributed by atoms with van der Waals surface area (Å²) in [6, 6.07) is 38.4. The summed E-state index contributed by atoms with van der Waals surface area (Å²) in [5, 5.41) is 16.4. The maximum atomic E-state index is 11.6. The first-order chi connectivity index (χ1) is 15.2. The third-order valence-corrected chi connectivity index (χ3v) is 9.12. The van der Waals surface area contributed by atoms with Crippen molar-refractivity contribution in [2.45, 2.75) is 0 Å². The summed E-state index contributed by atoms with van der Waals surface area (Å²) in [7, 11) is -2.12. The summed E-state index contributed by atoms with van der Waals surface area (Å²) in [6.45, 7) is 0. The lowest BCUT2D eigenvalue weighted by atomic mass is 10.2. The van der Waals surface area contributed by atoms with E-state index >= 15 is 0 Å². The number of halogens is 1. The van der Waals surface area contributed by atoms with Gasteiger partial charge in [-0.25, -0.2) is 4.79 Å². The number of rotatable bonds is 7. The summed E-state index contributed by atoms with van der Waals surface area (Å²) in [6.07, 6.45) is 1.89. The molecule has 4 aromatic rings. The molecule has 0 radical (unpaired) electrons. The molecule has 4 rings (SSSR count). The summed E-state index contributed by atoms with van der Waals surface area (Å²) in [5.41, 5.74) is 0.814. The van der Waals surface area contributed by atoms with E-state index in [2.05, 4.69) is 83.9 Å². The highest BCUT2D eigenvalue weighted by Gasteiger charge is 2.43. The van der Waals surface area contributed by atoms with Gasteiger partial charge in [-0.15, -0.1) is 0 Å². The van der Waals surface area contributed by atoms with E-state index in [0.717, 1.165) is 0 Å². The van der Waals surface area contributed by atoms with Gasteiger partial charge in [0, 0.05) is 6.20 Å². The van der Waals surface area contributed by atoms with Gasteiger partial charge in [-0.05, 0) is 48.5 Å². The summed E-state index contributed by atoms with van der Waals surface area (Å²) < 4.78 is 0. The Bertz CT molecular complexity index is 1090. The van der Waals surface area contributed by atoms with Crippen LogP contribution in [0, 0.1) is 0 Å². The van der Waals surface area contributed by atoms with Crippen LogP contribution in [0.4, 0.5) is 5.69 Å². The van der Waals surface area contributed by atoms with Gasteiger partial charge in [0.05, 0.1) is 17.1 Å². The van der Waals surface area contributed by atoms with E-state index in [0.29, 0.717) is 5.69 Å². The zero-order valence-corrected chi connectivity index (χ0v) is 19.0. The second-order valence-electron chi connectivity index (χ2n) is 7.04. The molecule has 0 fully saturated rings. The van der Waals surface area contributed by atoms with Crippen molar-refractivity contribution in [1.29, 1.82) is 0 Å². The Balaban J connectivity index is 0.00000289. The minimum Gasteiger partial charge on any atom is -1.00 e. The molecule has 0 spiro atoms. The lowest BCUT2D eigenvalue weighted by Crippen LogP contribution is -3.00. The van der Waals surface area contributed by atoms with Crippen LogP contribution in [0.15, 0.2) is 127 Å². The fourth-order valence-corrected chi connectivity index (χ4v) is 7.37. The van der Waals surface area contributed by atoms with Crippen molar-refractivity contribution in [1.82, 2.24) is 0 Å². The molecule has 0 aliphatic carbocycles. The van der Waals surface area contributed by atoms with Gasteiger partial charge in [0.25, 0.3) is 0 Å². The van der Waals surface area contributed by atoms with E-state index < -0.39 is 13.2 Å². The fourth-order valence-electron chi connectivity index (χ4n) is 3.73. The summed E-state index contributed by atoms with van der Waals surface area (Å²) >= 11 is 0. The first-order valence-electron chi connectivity index (χ1n) is 10.0. The number of anilines is 1. The normalized spacial score (nSPS) is 11.0. The predicted molar refractivity (Wildman–Crippen MR) is 131 cm³/mol. The molecule has 2 N–H and O–H groups in total. The maximum Gasteiger partial charge on any atom is 0.337 e. The van der Waals surface area contributed by atoms with E-state index in [9.17, 15) is 9.90 Å². The van der Waals surface area contributed by atoms with Gasteiger partial charge in [0.15, 0.2) is 0 Å². The smallest absolute Gasteiger partial charge is 0.337 e. The first kappa shape index (κ1) is 23.3. The van der Waals surface area contributed by atoms with E-state index in [4.69, 9.17) is 0 Å². The van der Waals surface area contributed by atoms with Crippen molar-refractivity contribution in [3.05, 3.63) is 133 Å². The van der Waals surface area contributed by atoms with E-state index in [1.807, 2.05) is 30.5 Å². The predicted octanol–water partition coefficient (Wildman–Crippen LogP) is 2.27. The molecule has 0 bridgehead atoms. The molecular formula is C27H23ClNO2P. The third-order valence-electron chi connectivity index (χ3n) is 5.18. The Labute approximate surface area is 195 Å². The summed E-state index contributed by atoms with van der Waals surface area (Å²) in [5.74, 6) is 1.26. The molecule has 3 nitrogen and oxygen atoms in total.